The van der Waals surface area contributed by atoms with E-state index in [-0.39, 0.29) is 18.6 Å². The zero-order valence-corrected chi connectivity index (χ0v) is 19.4. The molecule has 0 radical (unpaired) electrons. The molecule has 8 nitrogen and oxygen atoms in total. The van der Waals surface area contributed by atoms with E-state index in [4.69, 9.17) is 4.74 Å². The largest absolute Gasteiger partial charge is 0.480 e. The van der Waals surface area contributed by atoms with Crippen molar-refractivity contribution < 1.29 is 29.0 Å². The van der Waals surface area contributed by atoms with Gasteiger partial charge in [-0.15, -0.1) is 0 Å². The minimum atomic E-state index is -1.02. The number of carboxylic acids is 1. The molecular formula is C25H34N2O6. The number of fused-ring (bicyclic) bond motifs is 1. The lowest BCUT2D eigenvalue weighted by atomic mass is 9.84. The van der Waals surface area contributed by atoms with Gasteiger partial charge in [0.2, 0.25) is 12.3 Å². The summed E-state index contributed by atoms with van der Waals surface area (Å²) < 4.78 is 5.22. The van der Waals surface area contributed by atoms with E-state index in [1.165, 1.54) is 9.80 Å². The van der Waals surface area contributed by atoms with Crippen LogP contribution < -0.4 is 0 Å². The maximum atomic E-state index is 13.6. The standard InChI is InChI=1S/C25H34N2O6/c1-3-33-25(32)21(14-13-18-9-5-4-6-10-18)26(16-28)17(2)23(29)27-20-12-8-7-11-19(20)15-22(27)24(30)31/h4-6,9-10,16-17,19-22H,3,7-8,11-15H2,1-2H3,(H,30,31)/t17-,19-,20-,21-,22-/m0/s1. The third-order valence-corrected chi connectivity index (χ3v) is 7.02. The Labute approximate surface area is 194 Å². The average Bonchev–Trinajstić information content (AvgIpc) is 3.21. The third kappa shape index (κ3) is 5.54. The lowest BCUT2D eigenvalue weighted by Crippen LogP contribution is -2.57. The van der Waals surface area contributed by atoms with E-state index in [2.05, 4.69) is 0 Å². The number of aliphatic carboxylic acids is 1. The fourth-order valence-corrected chi connectivity index (χ4v) is 5.35. The van der Waals surface area contributed by atoms with Crippen molar-refractivity contribution in [1.29, 1.82) is 0 Å². The highest BCUT2D eigenvalue weighted by Crippen LogP contribution is 2.40. The van der Waals surface area contributed by atoms with Gasteiger partial charge in [-0.3, -0.25) is 9.59 Å². The normalized spacial score (nSPS) is 23.8. The quantitative estimate of drug-likeness (QED) is 0.427. The van der Waals surface area contributed by atoms with Gasteiger partial charge in [0, 0.05) is 6.04 Å². The molecule has 33 heavy (non-hydrogen) atoms. The van der Waals surface area contributed by atoms with Crippen LogP contribution in [0.15, 0.2) is 30.3 Å². The van der Waals surface area contributed by atoms with Crippen molar-refractivity contribution in [3.05, 3.63) is 35.9 Å². The van der Waals surface area contributed by atoms with Gasteiger partial charge in [0.15, 0.2) is 0 Å². The first-order valence-electron chi connectivity index (χ1n) is 11.9. The first-order chi connectivity index (χ1) is 15.9. The van der Waals surface area contributed by atoms with Crippen LogP contribution in [0.5, 0.6) is 0 Å². The number of carbonyl (C=O) groups is 4. The molecule has 1 saturated heterocycles. The summed E-state index contributed by atoms with van der Waals surface area (Å²) in [6.07, 6.45) is 5.45. The molecule has 0 spiro atoms. The van der Waals surface area contributed by atoms with Crippen LogP contribution >= 0.6 is 0 Å². The number of hydrogen-bond donors (Lipinski definition) is 1. The van der Waals surface area contributed by atoms with Gasteiger partial charge >= 0.3 is 11.9 Å². The van der Waals surface area contributed by atoms with Gasteiger partial charge in [0.1, 0.15) is 18.1 Å². The maximum Gasteiger partial charge on any atom is 0.328 e. The lowest BCUT2D eigenvalue weighted by molar-refractivity contribution is -0.159. The molecule has 3 rings (SSSR count). The Kier molecular flexibility index (Phi) is 8.47. The number of benzene rings is 1. The third-order valence-electron chi connectivity index (χ3n) is 7.02. The van der Waals surface area contributed by atoms with Gasteiger partial charge in [0.05, 0.1) is 6.61 Å². The Bertz CT molecular complexity index is 845. The number of amides is 2. The number of nitrogens with zero attached hydrogens (tertiary/aromatic N) is 2. The molecule has 1 aromatic rings. The fourth-order valence-electron chi connectivity index (χ4n) is 5.35. The maximum absolute atomic E-state index is 13.6. The van der Waals surface area contributed by atoms with Crippen LogP contribution in [0.25, 0.3) is 0 Å². The molecule has 0 unspecified atom stereocenters. The van der Waals surface area contributed by atoms with Gasteiger partial charge in [-0.25, -0.2) is 9.59 Å². The summed E-state index contributed by atoms with van der Waals surface area (Å²) in [5.41, 5.74) is 1.01. The van der Waals surface area contributed by atoms with Crippen molar-refractivity contribution in [3.8, 4) is 0 Å². The fraction of sp³-hybridized carbons (Fsp3) is 0.600. The van der Waals surface area contributed by atoms with E-state index in [0.717, 1.165) is 31.2 Å². The minimum absolute atomic E-state index is 0.131. The second-order valence-corrected chi connectivity index (χ2v) is 8.97. The number of rotatable bonds is 10. The number of carbonyl (C=O) groups excluding carboxylic acids is 3. The first-order valence-corrected chi connectivity index (χ1v) is 11.9. The Morgan fingerprint density at radius 1 is 1.21 bits per heavy atom. The van der Waals surface area contributed by atoms with Gasteiger partial charge in [0.25, 0.3) is 0 Å². The number of aryl methyl sites for hydroxylation is 1. The zero-order valence-electron chi connectivity index (χ0n) is 19.4. The van der Waals surface area contributed by atoms with Crippen LogP contribution in [0, 0.1) is 5.92 Å². The van der Waals surface area contributed by atoms with Crippen molar-refractivity contribution >= 4 is 24.3 Å². The average molecular weight is 459 g/mol. The molecule has 2 fully saturated rings. The number of ether oxygens (including phenoxy) is 1. The predicted molar refractivity (Wildman–Crippen MR) is 121 cm³/mol. The molecule has 5 atom stereocenters. The summed E-state index contributed by atoms with van der Waals surface area (Å²) in [7, 11) is 0. The van der Waals surface area contributed by atoms with Crippen LogP contribution in [0.2, 0.25) is 0 Å². The molecule has 1 heterocycles. The summed E-state index contributed by atoms with van der Waals surface area (Å²) in [6.45, 7) is 3.42. The van der Waals surface area contributed by atoms with Gasteiger partial charge in [-0.1, -0.05) is 43.2 Å². The minimum Gasteiger partial charge on any atom is -0.480 e. The summed E-state index contributed by atoms with van der Waals surface area (Å²) >= 11 is 0. The molecule has 8 heteroatoms. The highest BCUT2D eigenvalue weighted by molar-refractivity contribution is 5.90. The van der Waals surface area contributed by atoms with Crippen molar-refractivity contribution in [2.24, 2.45) is 5.92 Å². The molecule has 2 amide bonds. The Morgan fingerprint density at radius 2 is 1.91 bits per heavy atom. The number of likely N-dealkylation sites (tertiary alicyclic amines) is 1. The molecule has 0 bridgehead atoms. The summed E-state index contributed by atoms with van der Waals surface area (Å²) in [4.78, 5) is 53.2. The van der Waals surface area contributed by atoms with E-state index < -0.39 is 36.0 Å². The van der Waals surface area contributed by atoms with Crippen molar-refractivity contribution in [2.75, 3.05) is 6.61 Å². The SMILES string of the molecule is CCOC(=O)[C@H](CCc1ccccc1)N(C=O)[C@@H](C)C(=O)N1[C@H](C(=O)O)C[C@@H]2CCCC[C@@H]21. The van der Waals surface area contributed by atoms with E-state index >= 15 is 0 Å². The molecule has 1 N–H and O–H groups in total. The van der Waals surface area contributed by atoms with E-state index in [9.17, 15) is 24.3 Å². The second-order valence-electron chi connectivity index (χ2n) is 8.97. The van der Waals surface area contributed by atoms with Crippen LogP contribution in [-0.4, -0.2) is 69.9 Å². The lowest BCUT2D eigenvalue weighted by Gasteiger charge is -2.38. The van der Waals surface area contributed by atoms with Gasteiger partial charge in [-0.2, -0.15) is 0 Å². The van der Waals surface area contributed by atoms with Crippen LogP contribution in [0.3, 0.4) is 0 Å². The zero-order chi connectivity index (χ0) is 24.0. The second kappa shape index (κ2) is 11.3. The highest BCUT2D eigenvalue weighted by Gasteiger charge is 2.49. The molecule has 2 aliphatic rings. The number of hydrogen-bond acceptors (Lipinski definition) is 5. The predicted octanol–water partition coefficient (Wildman–Crippen LogP) is 2.64. The van der Waals surface area contributed by atoms with E-state index in [1.54, 1.807) is 13.8 Å². The molecule has 180 valence electrons. The summed E-state index contributed by atoms with van der Waals surface area (Å²) in [6, 6.07) is 6.64. The number of carboxylic acid groups (broad SMARTS) is 1. The number of esters is 1. The molecule has 1 aliphatic carbocycles. The van der Waals surface area contributed by atoms with Gasteiger partial charge in [-0.05, 0) is 57.4 Å². The van der Waals surface area contributed by atoms with Crippen molar-refractivity contribution in [2.45, 2.75) is 83.0 Å². The Morgan fingerprint density at radius 3 is 2.55 bits per heavy atom. The van der Waals surface area contributed by atoms with Gasteiger partial charge < -0.3 is 19.6 Å². The topological polar surface area (TPSA) is 104 Å². The molecule has 1 aromatic carbocycles. The van der Waals surface area contributed by atoms with Crippen LogP contribution in [0.1, 0.15) is 57.9 Å². The Balaban J connectivity index is 1.82. The van der Waals surface area contributed by atoms with Crippen LogP contribution in [0.4, 0.5) is 0 Å². The summed E-state index contributed by atoms with van der Waals surface area (Å²) in [5.74, 6) is -1.84. The molecular weight excluding hydrogens is 424 g/mol. The van der Waals surface area contributed by atoms with Crippen LogP contribution in [-0.2, 0) is 30.3 Å². The smallest absolute Gasteiger partial charge is 0.328 e. The van der Waals surface area contributed by atoms with E-state index in [0.29, 0.717) is 25.7 Å². The Hall–Kier alpha value is -2.90. The summed E-state index contributed by atoms with van der Waals surface area (Å²) in [5, 5.41) is 9.78. The van der Waals surface area contributed by atoms with Crippen molar-refractivity contribution in [3.63, 3.8) is 0 Å². The van der Waals surface area contributed by atoms with Crippen molar-refractivity contribution in [1.82, 2.24) is 9.80 Å². The first kappa shape index (κ1) is 24.7. The molecule has 1 aliphatic heterocycles. The molecule has 0 aromatic heterocycles. The highest BCUT2D eigenvalue weighted by atomic mass is 16.5. The van der Waals surface area contributed by atoms with E-state index in [1.807, 2.05) is 30.3 Å². The monoisotopic (exact) mass is 458 g/mol. The molecule has 1 saturated carbocycles.